The van der Waals surface area contributed by atoms with Crippen LogP contribution < -0.4 is 10.1 Å². The molecule has 1 aliphatic carbocycles. The van der Waals surface area contributed by atoms with Crippen molar-refractivity contribution < 1.29 is 4.74 Å². The number of ether oxygens (including phenoxy) is 1. The zero-order chi connectivity index (χ0) is 13.2. The molecule has 2 unspecified atom stereocenters. The van der Waals surface area contributed by atoms with Crippen molar-refractivity contribution in [3.8, 4) is 5.75 Å². The first-order chi connectivity index (χ1) is 8.52. The lowest BCUT2D eigenvalue weighted by Gasteiger charge is -2.21. The van der Waals surface area contributed by atoms with E-state index in [2.05, 4.69) is 38.2 Å². The van der Waals surface area contributed by atoms with Crippen LogP contribution >= 0.6 is 0 Å². The molecule has 2 rings (SSSR count). The van der Waals surface area contributed by atoms with Gasteiger partial charge in [0.05, 0.1) is 12.3 Å². The second kappa shape index (κ2) is 5.21. The van der Waals surface area contributed by atoms with Gasteiger partial charge in [0.2, 0.25) is 0 Å². The molecule has 0 radical (unpaired) electrons. The topological polar surface area (TPSA) is 21.3 Å². The van der Waals surface area contributed by atoms with Gasteiger partial charge < -0.3 is 10.1 Å². The van der Waals surface area contributed by atoms with E-state index < -0.39 is 0 Å². The van der Waals surface area contributed by atoms with Crippen molar-refractivity contribution in [2.24, 2.45) is 11.3 Å². The number of para-hydroxylation sites is 2. The van der Waals surface area contributed by atoms with Crippen molar-refractivity contribution in [1.82, 2.24) is 0 Å². The SMILES string of the molecule is CCOc1ccccc1NC1CC(C)(C)CC1C. The van der Waals surface area contributed by atoms with Crippen molar-refractivity contribution in [3.05, 3.63) is 24.3 Å². The summed E-state index contributed by atoms with van der Waals surface area (Å²) in [4.78, 5) is 0. The van der Waals surface area contributed by atoms with E-state index in [-0.39, 0.29) is 0 Å². The van der Waals surface area contributed by atoms with Crippen LogP contribution in [0.1, 0.15) is 40.5 Å². The molecule has 0 aliphatic heterocycles. The van der Waals surface area contributed by atoms with Gasteiger partial charge in [-0.1, -0.05) is 32.9 Å². The molecule has 2 atom stereocenters. The monoisotopic (exact) mass is 247 g/mol. The molecule has 1 aromatic rings. The Morgan fingerprint density at radius 1 is 1.28 bits per heavy atom. The summed E-state index contributed by atoms with van der Waals surface area (Å²) < 4.78 is 5.67. The predicted octanol–water partition coefficient (Wildman–Crippen LogP) is 4.32. The second-order valence-corrected chi connectivity index (χ2v) is 6.23. The van der Waals surface area contributed by atoms with Crippen molar-refractivity contribution in [1.29, 1.82) is 0 Å². The molecule has 2 nitrogen and oxygen atoms in total. The van der Waals surface area contributed by atoms with Gasteiger partial charge in [-0.25, -0.2) is 0 Å². The Labute approximate surface area is 111 Å². The van der Waals surface area contributed by atoms with E-state index in [9.17, 15) is 0 Å². The van der Waals surface area contributed by atoms with Crippen LogP contribution in [0, 0.1) is 11.3 Å². The van der Waals surface area contributed by atoms with Gasteiger partial charge in [0.1, 0.15) is 5.75 Å². The molecule has 0 bridgehead atoms. The average molecular weight is 247 g/mol. The third-order valence-corrected chi connectivity index (χ3v) is 3.86. The summed E-state index contributed by atoms with van der Waals surface area (Å²) >= 11 is 0. The molecule has 1 saturated carbocycles. The maximum Gasteiger partial charge on any atom is 0.142 e. The van der Waals surface area contributed by atoms with E-state index in [0.29, 0.717) is 18.1 Å². The molecule has 100 valence electrons. The molecule has 0 heterocycles. The zero-order valence-corrected chi connectivity index (χ0v) is 12.0. The summed E-state index contributed by atoms with van der Waals surface area (Å²) in [6.07, 6.45) is 2.52. The number of hydrogen-bond donors (Lipinski definition) is 1. The molecular weight excluding hydrogens is 222 g/mol. The summed E-state index contributed by atoms with van der Waals surface area (Å²) in [6, 6.07) is 8.80. The van der Waals surface area contributed by atoms with Gasteiger partial charge >= 0.3 is 0 Å². The van der Waals surface area contributed by atoms with Crippen LogP contribution in [0.15, 0.2) is 24.3 Å². The zero-order valence-electron chi connectivity index (χ0n) is 12.0. The summed E-state index contributed by atoms with van der Waals surface area (Å²) in [5, 5.41) is 3.67. The van der Waals surface area contributed by atoms with E-state index in [4.69, 9.17) is 4.74 Å². The Hall–Kier alpha value is -1.18. The molecule has 0 spiro atoms. The van der Waals surface area contributed by atoms with Crippen LogP contribution in [-0.4, -0.2) is 12.6 Å². The highest BCUT2D eigenvalue weighted by atomic mass is 16.5. The number of hydrogen-bond acceptors (Lipinski definition) is 2. The van der Waals surface area contributed by atoms with Crippen LogP contribution in [0.25, 0.3) is 0 Å². The van der Waals surface area contributed by atoms with E-state index in [1.165, 1.54) is 12.8 Å². The van der Waals surface area contributed by atoms with Crippen LogP contribution in [-0.2, 0) is 0 Å². The van der Waals surface area contributed by atoms with Crippen molar-refractivity contribution >= 4 is 5.69 Å². The lowest BCUT2D eigenvalue weighted by molar-refractivity contribution is 0.341. The lowest BCUT2D eigenvalue weighted by atomic mass is 9.91. The van der Waals surface area contributed by atoms with E-state index in [1.54, 1.807) is 0 Å². The number of nitrogens with one attached hydrogen (secondary N) is 1. The minimum absolute atomic E-state index is 0.456. The normalized spacial score (nSPS) is 26.0. The Bertz CT molecular complexity index is 400. The molecule has 18 heavy (non-hydrogen) atoms. The highest BCUT2D eigenvalue weighted by Gasteiger charge is 2.36. The minimum Gasteiger partial charge on any atom is -0.492 e. The summed E-state index contributed by atoms with van der Waals surface area (Å²) in [5.74, 6) is 1.69. The summed E-state index contributed by atoms with van der Waals surface area (Å²) in [6.45, 7) is 9.80. The van der Waals surface area contributed by atoms with Crippen LogP contribution in [0.3, 0.4) is 0 Å². The smallest absolute Gasteiger partial charge is 0.142 e. The predicted molar refractivity (Wildman–Crippen MR) is 77.2 cm³/mol. The van der Waals surface area contributed by atoms with Gasteiger partial charge in [0.25, 0.3) is 0 Å². The number of rotatable bonds is 4. The fourth-order valence-corrected chi connectivity index (χ4v) is 3.15. The average Bonchev–Trinajstić information content (AvgIpc) is 2.55. The highest BCUT2D eigenvalue weighted by molar-refractivity contribution is 5.57. The standard InChI is InChI=1S/C16H25NO/c1-5-18-15-9-7-6-8-13(15)17-14-11-16(3,4)10-12(14)2/h6-9,12,14,17H,5,10-11H2,1-4H3. The van der Waals surface area contributed by atoms with Crippen molar-refractivity contribution in [3.63, 3.8) is 0 Å². The summed E-state index contributed by atoms with van der Waals surface area (Å²) in [5.41, 5.74) is 1.59. The van der Waals surface area contributed by atoms with Crippen LogP contribution in [0.4, 0.5) is 5.69 Å². The largest absolute Gasteiger partial charge is 0.492 e. The maximum absolute atomic E-state index is 5.67. The minimum atomic E-state index is 0.456. The Morgan fingerprint density at radius 2 is 2.00 bits per heavy atom. The molecule has 1 fully saturated rings. The first kappa shape index (κ1) is 13.3. The first-order valence-electron chi connectivity index (χ1n) is 7.00. The van der Waals surface area contributed by atoms with Crippen molar-refractivity contribution in [2.75, 3.05) is 11.9 Å². The third-order valence-electron chi connectivity index (χ3n) is 3.86. The molecule has 1 aliphatic rings. The van der Waals surface area contributed by atoms with Gasteiger partial charge in [-0.3, -0.25) is 0 Å². The highest BCUT2D eigenvalue weighted by Crippen LogP contribution is 2.42. The molecule has 0 amide bonds. The van der Waals surface area contributed by atoms with Gasteiger partial charge in [-0.15, -0.1) is 0 Å². The first-order valence-corrected chi connectivity index (χ1v) is 7.00. The Morgan fingerprint density at radius 3 is 2.61 bits per heavy atom. The quantitative estimate of drug-likeness (QED) is 0.855. The Balaban J connectivity index is 2.10. The molecule has 1 aromatic carbocycles. The molecule has 0 aromatic heterocycles. The fourth-order valence-electron chi connectivity index (χ4n) is 3.15. The third kappa shape index (κ3) is 2.98. The van der Waals surface area contributed by atoms with Crippen molar-refractivity contribution in [2.45, 2.75) is 46.6 Å². The number of anilines is 1. The fraction of sp³-hybridized carbons (Fsp3) is 0.625. The molecule has 0 saturated heterocycles. The van der Waals surface area contributed by atoms with E-state index in [1.807, 2.05) is 19.1 Å². The van der Waals surface area contributed by atoms with Gasteiger partial charge in [-0.05, 0) is 43.2 Å². The lowest BCUT2D eigenvalue weighted by Crippen LogP contribution is -2.22. The number of benzene rings is 1. The van der Waals surface area contributed by atoms with Gasteiger partial charge in [0, 0.05) is 6.04 Å². The molecule has 1 N–H and O–H groups in total. The summed E-state index contributed by atoms with van der Waals surface area (Å²) in [7, 11) is 0. The molecule has 2 heteroatoms. The van der Waals surface area contributed by atoms with Crippen LogP contribution in [0.5, 0.6) is 5.75 Å². The van der Waals surface area contributed by atoms with Gasteiger partial charge in [-0.2, -0.15) is 0 Å². The molecular formula is C16H25NO. The maximum atomic E-state index is 5.67. The van der Waals surface area contributed by atoms with E-state index in [0.717, 1.165) is 17.4 Å². The van der Waals surface area contributed by atoms with Gasteiger partial charge in [0.15, 0.2) is 0 Å². The Kier molecular flexibility index (Phi) is 3.84. The van der Waals surface area contributed by atoms with E-state index >= 15 is 0 Å². The second-order valence-electron chi connectivity index (χ2n) is 6.23. The van der Waals surface area contributed by atoms with Crippen LogP contribution in [0.2, 0.25) is 0 Å².